The van der Waals surface area contributed by atoms with Crippen LogP contribution in [-0.2, 0) is 33.6 Å². The maximum Gasteiger partial charge on any atom is 0.322 e. The molecule has 0 spiro atoms. The first kappa shape index (κ1) is 39.8. The zero-order valence-corrected chi connectivity index (χ0v) is 25.5. The lowest BCUT2D eigenvalue weighted by Crippen LogP contribution is -2.60. The lowest BCUT2D eigenvalue weighted by atomic mass is 10.1. The van der Waals surface area contributed by atoms with Crippen molar-refractivity contribution in [2.75, 3.05) is 31.6 Å². The molecule has 0 aromatic carbocycles. The summed E-state index contributed by atoms with van der Waals surface area (Å²) in [5.74, 6) is -5.91. The monoisotopic (exact) mass is 648 g/mol. The molecule has 0 aromatic rings. The van der Waals surface area contributed by atoms with Gasteiger partial charge in [0, 0.05) is 13.0 Å². The van der Waals surface area contributed by atoms with E-state index < -0.39 is 84.8 Å². The molecule has 0 aromatic heterocycles. The highest BCUT2D eigenvalue weighted by Crippen LogP contribution is 2.06. The molecule has 0 radical (unpaired) electrons. The number of carboxylic acids is 1. The van der Waals surface area contributed by atoms with Gasteiger partial charge in [0.1, 0.15) is 24.7 Å². The molecule has 20 heteroatoms. The number of aliphatic imine (C=N–C) groups is 1. The second-order valence-corrected chi connectivity index (χ2v) is 10.6. The van der Waals surface area contributed by atoms with Crippen LogP contribution in [0.1, 0.15) is 39.0 Å². The average molecular weight is 649 g/mol. The molecule has 6 amide bonds. The lowest BCUT2D eigenvalue weighted by molar-refractivity contribution is -0.138. The number of thioether (sulfide) groups is 1. The second kappa shape index (κ2) is 21.5. The van der Waals surface area contributed by atoms with Gasteiger partial charge < -0.3 is 59.7 Å². The van der Waals surface area contributed by atoms with Crippen LogP contribution in [0.3, 0.4) is 0 Å². The van der Waals surface area contributed by atoms with E-state index in [1.807, 2.05) is 11.6 Å². The Morgan fingerprint density at radius 1 is 0.818 bits per heavy atom. The topological polar surface area (TPSA) is 337 Å². The van der Waals surface area contributed by atoms with Gasteiger partial charge in [-0.2, -0.15) is 11.8 Å². The van der Waals surface area contributed by atoms with E-state index in [-0.39, 0.29) is 38.2 Å². The Labute approximate surface area is 258 Å². The fraction of sp³-hybridized carbons (Fsp3) is 0.667. The van der Waals surface area contributed by atoms with Crippen LogP contribution in [-0.4, -0.2) is 119 Å². The van der Waals surface area contributed by atoms with Crippen LogP contribution in [0, 0.1) is 0 Å². The molecular formula is C24H44N10O9S. The number of aliphatic carboxylic acids is 1. The van der Waals surface area contributed by atoms with Gasteiger partial charge in [0.15, 0.2) is 5.96 Å². The summed E-state index contributed by atoms with van der Waals surface area (Å²) in [4.78, 5) is 89.2. The molecule has 15 N–H and O–H groups in total. The van der Waals surface area contributed by atoms with Crippen molar-refractivity contribution in [3.63, 3.8) is 0 Å². The number of guanidine groups is 1. The van der Waals surface area contributed by atoms with Gasteiger partial charge in [-0.05, 0) is 44.6 Å². The number of carboxylic acid groups (broad SMARTS) is 1. The van der Waals surface area contributed by atoms with Gasteiger partial charge in [-0.1, -0.05) is 0 Å². The van der Waals surface area contributed by atoms with E-state index in [9.17, 15) is 38.7 Å². The number of amides is 6. The number of carbonyl (C=O) groups is 7. The standard InChI is InChI=1S/C24H44N10O9S/c1-12(35)19(23(43)31-10-17(37)30-11-18(38)39)34-22(42)14(4-3-8-29-24(27)28)33-21(41)15(5-6-16(26)36)32-20(40)13(25)7-9-44-2/h12-15,19,35H,3-11,25H2,1-2H3,(H2,26,36)(H,30,37)(H,31,43)(H,32,40)(H,33,41)(H,34,42)(H,38,39)(H4,27,28,29)/t12-,13+,14+,15+,19+/m1/s1. The number of primary amides is 1. The summed E-state index contributed by atoms with van der Waals surface area (Å²) in [6.07, 6.45) is 0.308. The van der Waals surface area contributed by atoms with E-state index in [0.29, 0.717) is 12.2 Å². The van der Waals surface area contributed by atoms with Crippen molar-refractivity contribution in [2.24, 2.45) is 27.9 Å². The number of aliphatic hydroxyl groups is 1. The fourth-order valence-electron chi connectivity index (χ4n) is 3.43. The van der Waals surface area contributed by atoms with E-state index in [1.54, 1.807) is 0 Å². The molecule has 44 heavy (non-hydrogen) atoms. The van der Waals surface area contributed by atoms with E-state index in [1.165, 1.54) is 18.7 Å². The van der Waals surface area contributed by atoms with Crippen LogP contribution < -0.4 is 49.5 Å². The Bertz CT molecular complexity index is 1040. The van der Waals surface area contributed by atoms with Gasteiger partial charge in [0.05, 0.1) is 18.7 Å². The zero-order valence-electron chi connectivity index (χ0n) is 24.7. The van der Waals surface area contributed by atoms with Crippen LogP contribution in [0.4, 0.5) is 0 Å². The molecule has 0 saturated carbocycles. The quantitative estimate of drug-likeness (QED) is 0.0297. The summed E-state index contributed by atoms with van der Waals surface area (Å²) in [5.41, 5.74) is 21.8. The van der Waals surface area contributed by atoms with Crippen molar-refractivity contribution in [1.82, 2.24) is 26.6 Å². The molecule has 0 aliphatic carbocycles. The molecule has 0 heterocycles. The number of rotatable bonds is 22. The molecule has 0 rings (SSSR count). The van der Waals surface area contributed by atoms with Gasteiger partial charge >= 0.3 is 5.97 Å². The largest absolute Gasteiger partial charge is 0.480 e. The Balaban J connectivity index is 5.80. The smallest absolute Gasteiger partial charge is 0.322 e. The number of nitrogens with one attached hydrogen (secondary N) is 5. The minimum Gasteiger partial charge on any atom is -0.480 e. The van der Waals surface area contributed by atoms with Gasteiger partial charge in [-0.15, -0.1) is 0 Å². The minimum atomic E-state index is -1.59. The van der Waals surface area contributed by atoms with Crippen LogP contribution >= 0.6 is 11.8 Å². The Morgan fingerprint density at radius 2 is 1.41 bits per heavy atom. The number of hydrogen-bond acceptors (Lipinski definition) is 11. The first-order chi connectivity index (χ1) is 20.6. The first-order valence-electron chi connectivity index (χ1n) is 13.5. The summed E-state index contributed by atoms with van der Waals surface area (Å²) < 4.78 is 0. The van der Waals surface area contributed by atoms with Crippen LogP contribution in [0.15, 0.2) is 4.99 Å². The second-order valence-electron chi connectivity index (χ2n) is 9.58. The predicted molar refractivity (Wildman–Crippen MR) is 160 cm³/mol. The Kier molecular flexibility index (Phi) is 19.5. The van der Waals surface area contributed by atoms with Crippen molar-refractivity contribution >= 4 is 59.1 Å². The summed E-state index contributed by atoms with van der Waals surface area (Å²) in [5, 5.41) is 30.2. The third-order valence-electron chi connectivity index (χ3n) is 5.78. The Hall–Kier alpha value is -4.17. The van der Waals surface area contributed by atoms with Gasteiger partial charge in [0.25, 0.3) is 0 Å². The minimum absolute atomic E-state index is 0.0657. The van der Waals surface area contributed by atoms with Crippen molar-refractivity contribution in [3.8, 4) is 0 Å². The third-order valence-corrected chi connectivity index (χ3v) is 6.43. The molecule has 250 valence electrons. The normalized spacial score (nSPS) is 14.0. The van der Waals surface area contributed by atoms with Crippen molar-refractivity contribution < 1.29 is 43.8 Å². The van der Waals surface area contributed by atoms with Crippen molar-refractivity contribution in [2.45, 2.75) is 69.3 Å². The molecule has 5 atom stereocenters. The maximum absolute atomic E-state index is 13.2. The molecule has 0 saturated heterocycles. The molecule has 19 nitrogen and oxygen atoms in total. The molecule has 0 aliphatic rings. The first-order valence-corrected chi connectivity index (χ1v) is 14.9. The SMILES string of the molecule is CSCC[C@H](N)C(=O)N[C@@H](CCC(N)=O)C(=O)N[C@@H](CCCN=C(N)N)C(=O)N[C@H](C(=O)NCC(=O)NCC(=O)O)[C@@H](C)O. The van der Waals surface area contributed by atoms with Gasteiger partial charge in [-0.3, -0.25) is 38.6 Å². The molecule has 0 aliphatic heterocycles. The van der Waals surface area contributed by atoms with Crippen molar-refractivity contribution in [3.05, 3.63) is 0 Å². The molecule has 0 fully saturated rings. The summed E-state index contributed by atoms with van der Waals surface area (Å²) in [6.45, 7) is -0.0712. The van der Waals surface area contributed by atoms with Gasteiger partial charge in [-0.25, -0.2) is 0 Å². The number of hydrogen-bond donors (Lipinski definition) is 11. The molecular weight excluding hydrogens is 604 g/mol. The van der Waals surface area contributed by atoms with Crippen molar-refractivity contribution in [1.29, 1.82) is 0 Å². The zero-order chi connectivity index (χ0) is 33.8. The summed E-state index contributed by atoms with van der Waals surface area (Å²) in [7, 11) is 0. The van der Waals surface area contributed by atoms with E-state index >= 15 is 0 Å². The van der Waals surface area contributed by atoms with Crippen LogP contribution in [0.25, 0.3) is 0 Å². The maximum atomic E-state index is 13.2. The molecule has 0 bridgehead atoms. The highest BCUT2D eigenvalue weighted by Gasteiger charge is 2.32. The molecule has 0 unspecified atom stereocenters. The predicted octanol–water partition coefficient (Wildman–Crippen LogP) is -5.46. The van der Waals surface area contributed by atoms with E-state index in [0.717, 1.165) is 0 Å². The lowest BCUT2D eigenvalue weighted by Gasteiger charge is -2.26. The van der Waals surface area contributed by atoms with Crippen LogP contribution in [0.5, 0.6) is 0 Å². The number of nitrogens with two attached hydrogens (primary N) is 4. The van der Waals surface area contributed by atoms with Crippen LogP contribution in [0.2, 0.25) is 0 Å². The fourth-order valence-corrected chi connectivity index (χ4v) is 3.92. The van der Waals surface area contributed by atoms with E-state index in [4.69, 9.17) is 28.0 Å². The summed E-state index contributed by atoms with van der Waals surface area (Å²) in [6, 6.07) is -5.18. The number of nitrogens with zero attached hydrogens (tertiary/aromatic N) is 1. The average Bonchev–Trinajstić information content (AvgIpc) is 2.94. The van der Waals surface area contributed by atoms with Gasteiger partial charge in [0.2, 0.25) is 35.4 Å². The summed E-state index contributed by atoms with van der Waals surface area (Å²) >= 11 is 1.47. The number of carbonyl (C=O) groups excluding carboxylic acids is 6. The Morgan fingerprint density at radius 3 is 1.95 bits per heavy atom. The highest BCUT2D eigenvalue weighted by molar-refractivity contribution is 7.98. The number of aliphatic hydroxyl groups excluding tert-OH is 1. The highest BCUT2D eigenvalue weighted by atomic mass is 32.2. The third kappa shape index (κ3) is 17.7. The van der Waals surface area contributed by atoms with E-state index in [2.05, 4.69) is 26.3 Å².